The number of alkyl halides is 6. The average molecular weight is 397 g/mol. The van der Waals surface area contributed by atoms with E-state index in [2.05, 4.69) is 9.72 Å². The van der Waals surface area contributed by atoms with Crippen LogP contribution in [0, 0.1) is 0 Å². The molecule has 0 fully saturated rings. The van der Waals surface area contributed by atoms with Crippen LogP contribution in [-0.2, 0) is 22.3 Å². The molecule has 0 saturated heterocycles. The van der Waals surface area contributed by atoms with Crippen molar-refractivity contribution in [3.63, 3.8) is 0 Å². The molecule has 1 heterocycles. The molecular formula is C16H13F6NO4. The molecule has 2 aromatic rings. The Balaban J connectivity index is 2.29. The smallest absolute Gasteiger partial charge is 0.416 e. The molecule has 0 spiro atoms. The van der Waals surface area contributed by atoms with E-state index in [0.717, 1.165) is 24.3 Å². The summed E-state index contributed by atoms with van der Waals surface area (Å²) in [5.41, 5.74) is -1.07. The normalized spacial score (nSPS) is 12.3. The van der Waals surface area contributed by atoms with E-state index in [1.165, 1.54) is 6.92 Å². The van der Waals surface area contributed by atoms with Crippen LogP contribution in [0.2, 0.25) is 0 Å². The number of carbonyl (C=O) groups is 1. The highest BCUT2D eigenvalue weighted by Gasteiger charge is 2.31. The molecule has 0 atom stereocenters. The zero-order valence-electron chi connectivity index (χ0n) is 13.8. The molecule has 0 unspecified atom stereocenters. The highest BCUT2D eigenvalue weighted by Crippen LogP contribution is 2.31. The summed E-state index contributed by atoms with van der Waals surface area (Å²) >= 11 is 0. The van der Waals surface area contributed by atoms with Gasteiger partial charge in [-0.2, -0.15) is 26.3 Å². The van der Waals surface area contributed by atoms with Gasteiger partial charge in [-0.25, -0.2) is 9.78 Å². The van der Waals surface area contributed by atoms with Crippen molar-refractivity contribution in [1.82, 2.24) is 4.98 Å². The number of nitrogens with zero attached hydrogens (tertiary/aromatic N) is 1. The van der Waals surface area contributed by atoms with Crippen molar-refractivity contribution in [3.8, 4) is 11.5 Å². The summed E-state index contributed by atoms with van der Waals surface area (Å²) in [6.07, 6.45) is -9.12. The van der Waals surface area contributed by atoms with Crippen LogP contribution in [0.25, 0.3) is 11.5 Å². The molecule has 0 radical (unpaired) electrons. The van der Waals surface area contributed by atoms with E-state index in [4.69, 9.17) is 9.15 Å². The topological polar surface area (TPSA) is 61.6 Å². The number of hydrogen-bond acceptors (Lipinski definition) is 5. The standard InChI is InChI=1S/C16H13F6NO4/c1-2-26-14(24)12-11(7-25-8-15(17,18)19)23-13(27-12)9-3-5-10(6-4-9)16(20,21)22/h3-6H,2,7-8H2,1H3. The number of halogens is 6. The summed E-state index contributed by atoms with van der Waals surface area (Å²) in [5, 5.41) is 0. The first-order valence-corrected chi connectivity index (χ1v) is 7.50. The highest BCUT2D eigenvalue weighted by molar-refractivity contribution is 5.88. The Kier molecular flexibility index (Phi) is 6.14. The van der Waals surface area contributed by atoms with E-state index in [1.54, 1.807) is 0 Å². The first kappa shape index (κ1) is 20.7. The number of rotatable bonds is 6. The maximum atomic E-state index is 12.6. The van der Waals surface area contributed by atoms with E-state index in [0.29, 0.717) is 0 Å². The van der Waals surface area contributed by atoms with Crippen molar-refractivity contribution in [1.29, 1.82) is 0 Å². The molecule has 148 valence electrons. The molecule has 1 aromatic heterocycles. The Bertz CT molecular complexity index is 780. The largest absolute Gasteiger partial charge is 0.460 e. The van der Waals surface area contributed by atoms with Crippen LogP contribution in [0.3, 0.4) is 0 Å². The summed E-state index contributed by atoms with van der Waals surface area (Å²) < 4.78 is 88.8. The second-order valence-electron chi connectivity index (χ2n) is 5.20. The van der Waals surface area contributed by atoms with E-state index in [9.17, 15) is 31.1 Å². The average Bonchev–Trinajstić information content (AvgIpc) is 2.97. The zero-order valence-corrected chi connectivity index (χ0v) is 13.8. The van der Waals surface area contributed by atoms with Gasteiger partial charge in [0.15, 0.2) is 0 Å². The minimum absolute atomic E-state index is 0.0298. The lowest BCUT2D eigenvalue weighted by Gasteiger charge is -2.06. The lowest BCUT2D eigenvalue weighted by Crippen LogP contribution is -2.17. The van der Waals surface area contributed by atoms with Crippen LogP contribution in [0.5, 0.6) is 0 Å². The molecule has 0 bridgehead atoms. The van der Waals surface area contributed by atoms with Crippen molar-refractivity contribution in [2.45, 2.75) is 25.9 Å². The Morgan fingerprint density at radius 1 is 1.11 bits per heavy atom. The van der Waals surface area contributed by atoms with Crippen LogP contribution < -0.4 is 0 Å². The van der Waals surface area contributed by atoms with Crippen LogP contribution in [-0.4, -0.2) is 30.3 Å². The highest BCUT2D eigenvalue weighted by atomic mass is 19.4. The van der Waals surface area contributed by atoms with Gasteiger partial charge in [-0.05, 0) is 31.2 Å². The SMILES string of the molecule is CCOC(=O)c1oc(-c2ccc(C(F)(F)F)cc2)nc1COCC(F)(F)F. The van der Waals surface area contributed by atoms with Gasteiger partial charge < -0.3 is 13.9 Å². The monoisotopic (exact) mass is 397 g/mol. The number of oxazole rings is 1. The fraction of sp³-hybridized carbons (Fsp3) is 0.375. The summed E-state index contributed by atoms with van der Waals surface area (Å²) in [4.78, 5) is 15.7. The molecule has 11 heteroatoms. The maximum absolute atomic E-state index is 12.6. The van der Waals surface area contributed by atoms with Gasteiger partial charge >= 0.3 is 18.3 Å². The molecule has 0 aliphatic rings. The zero-order chi connectivity index (χ0) is 20.2. The van der Waals surface area contributed by atoms with Crippen molar-refractivity contribution < 1.29 is 45.0 Å². The molecule has 2 rings (SSSR count). The summed E-state index contributed by atoms with van der Waals surface area (Å²) in [5.74, 6) is -1.71. The van der Waals surface area contributed by atoms with Crippen LogP contribution in [0.4, 0.5) is 26.3 Å². The Labute approximate surface area is 148 Å². The fourth-order valence-corrected chi connectivity index (χ4v) is 1.99. The molecule has 0 N–H and O–H groups in total. The van der Waals surface area contributed by atoms with E-state index in [1.807, 2.05) is 0 Å². The molecule has 5 nitrogen and oxygen atoms in total. The maximum Gasteiger partial charge on any atom is 0.416 e. The van der Waals surface area contributed by atoms with Gasteiger partial charge in [0, 0.05) is 5.56 Å². The molecule has 1 aromatic carbocycles. The number of benzene rings is 1. The van der Waals surface area contributed by atoms with Crippen molar-refractivity contribution >= 4 is 5.97 Å². The van der Waals surface area contributed by atoms with E-state index >= 15 is 0 Å². The molecular weight excluding hydrogens is 384 g/mol. The summed E-state index contributed by atoms with van der Waals surface area (Å²) in [6.45, 7) is -0.793. The van der Waals surface area contributed by atoms with Crippen LogP contribution in [0.15, 0.2) is 28.7 Å². The minimum atomic E-state index is -4.58. The van der Waals surface area contributed by atoms with Crippen molar-refractivity contribution in [2.75, 3.05) is 13.2 Å². The molecule has 0 saturated carbocycles. The lowest BCUT2D eigenvalue weighted by molar-refractivity contribution is -0.176. The minimum Gasteiger partial charge on any atom is -0.460 e. The first-order chi connectivity index (χ1) is 12.5. The number of esters is 1. The Morgan fingerprint density at radius 2 is 1.74 bits per heavy atom. The first-order valence-electron chi connectivity index (χ1n) is 7.50. The third kappa shape index (κ3) is 5.71. The third-order valence-corrected chi connectivity index (χ3v) is 3.12. The van der Waals surface area contributed by atoms with Gasteiger partial charge in [-0.3, -0.25) is 0 Å². The lowest BCUT2D eigenvalue weighted by atomic mass is 10.1. The van der Waals surface area contributed by atoms with E-state index < -0.39 is 42.9 Å². The predicted octanol–water partition coefficient (Wildman–Crippen LogP) is 4.62. The Morgan fingerprint density at radius 3 is 2.26 bits per heavy atom. The number of ether oxygens (including phenoxy) is 2. The van der Waals surface area contributed by atoms with Gasteiger partial charge in [-0.1, -0.05) is 0 Å². The van der Waals surface area contributed by atoms with Gasteiger partial charge in [0.1, 0.15) is 12.3 Å². The van der Waals surface area contributed by atoms with Gasteiger partial charge in [0.05, 0.1) is 18.8 Å². The molecule has 27 heavy (non-hydrogen) atoms. The van der Waals surface area contributed by atoms with Crippen LogP contribution >= 0.6 is 0 Å². The number of hydrogen-bond donors (Lipinski definition) is 0. The van der Waals surface area contributed by atoms with E-state index in [-0.39, 0.29) is 23.8 Å². The second kappa shape index (κ2) is 7.99. The quantitative estimate of drug-likeness (QED) is 0.526. The Hall–Kier alpha value is -2.56. The summed E-state index contributed by atoms with van der Waals surface area (Å²) in [6, 6.07) is 3.68. The predicted molar refractivity (Wildman–Crippen MR) is 78.6 cm³/mol. The van der Waals surface area contributed by atoms with Gasteiger partial charge in [-0.15, -0.1) is 0 Å². The number of aromatic nitrogens is 1. The summed E-state index contributed by atoms with van der Waals surface area (Å²) in [7, 11) is 0. The van der Waals surface area contributed by atoms with Gasteiger partial charge in [0.2, 0.25) is 11.7 Å². The second-order valence-corrected chi connectivity index (χ2v) is 5.20. The third-order valence-electron chi connectivity index (χ3n) is 3.12. The molecule has 0 amide bonds. The van der Waals surface area contributed by atoms with Crippen molar-refractivity contribution in [3.05, 3.63) is 41.3 Å². The molecule has 0 aliphatic heterocycles. The van der Waals surface area contributed by atoms with Crippen LogP contribution in [0.1, 0.15) is 28.7 Å². The fourth-order valence-electron chi connectivity index (χ4n) is 1.99. The van der Waals surface area contributed by atoms with Gasteiger partial charge in [0.25, 0.3) is 0 Å². The number of carbonyl (C=O) groups excluding carboxylic acids is 1. The molecule has 0 aliphatic carbocycles. The van der Waals surface area contributed by atoms with Crippen molar-refractivity contribution in [2.24, 2.45) is 0 Å².